The number of anilines is 1. The molecule has 188 valence electrons. The lowest BCUT2D eigenvalue weighted by molar-refractivity contribution is -0.154. The van der Waals surface area contributed by atoms with Gasteiger partial charge in [-0.2, -0.15) is 13.2 Å². The van der Waals surface area contributed by atoms with Crippen molar-refractivity contribution in [2.75, 3.05) is 31.1 Å². The quantitative estimate of drug-likeness (QED) is 0.602. The van der Waals surface area contributed by atoms with Crippen LogP contribution in [0.2, 0.25) is 0 Å². The first kappa shape index (κ1) is 24.9. The van der Waals surface area contributed by atoms with Crippen LogP contribution in [0.25, 0.3) is 0 Å². The number of ether oxygens (including phenoxy) is 1. The predicted molar refractivity (Wildman–Crippen MR) is 126 cm³/mol. The van der Waals surface area contributed by atoms with Crippen LogP contribution in [0.4, 0.5) is 23.7 Å². The lowest BCUT2D eigenvalue weighted by atomic mass is 9.81. The molecule has 1 N–H and O–H groups in total. The van der Waals surface area contributed by atoms with E-state index in [0.717, 1.165) is 37.0 Å². The van der Waals surface area contributed by atoms with Crippen LogP contribution < -0.4 is 10.2 Å². The topological polar surface area (TPSA) is 61.9 Å². The Morgan fingerprint density at radius 3 is 2.26 bits per heavy atom. The fourth-order valence-electron chi connectivity index (χ4n) is 4.73. The van der Waals surface area contributed by atoms with Crippen LogP contribution in [0.15, 0.2) is 54.6 Å². The summed E-state index contributed by atoms with van der Waals surface area (Å²) in [5, 5.41) is 2.97. The third kappa shape index (κ3) is 6.07. The molecule has 0 atom stereocenters. The molecule has 4 rings (SSSR count). The van der Waals surface area contributed by atoms with Crippen LogP contribution in [0.1, 0.15) is 43.2 Å². The van der Waals surface area contributed by atoms with E-state index in [1.807, 2.05) is 35.2 Å². The molecule has 1 aliphatic heterocycles. The minimum Gasteiger partial charge on any atom is -0.459 e. The number of nitrogens with one attached hydrogen (secondary N) is 1. The zero-order valence-corrected chi connectivity index (χ0v) is 19.5. The molecule has 0 radical (unpaired) electrons. The maximum absolute atomic E-state index is 13.1. The summed E-state index contributed by atoms with van der Waals surface area (Å²) >= 11 is 0. The van der Waals surface area contributed by atoms with Gasteiger partial charge in [0.05, 0.1) is 5.56 Å². The minimum absolute atomic E-state index is 0.146. The molecule has 1 aliphatic carbocycles. The van der Waals surface area contributed by atoms with Crippen molar-refractivity contribution >= 4 is 17.7 Å². The molecule has 0 bridgehead atoms. The Morgan fingerprint density at radius 1 is 0.914 bits per heavy atom. The van der Waals surface area contributed by atoms with Gasteiger partial charge in [0.1, 0.15) is 12.1 Å². The number of hydrogen-bond donors (Lipinski definition) is 1. The number of urea groups is 1. The molecular formula is C26H30F3N3O3. The first-order valence-corrected chi connectivity index (χ1v) is 12.0. The molecule has 1 saturated heterocycles. The van der Waals surface area contributed by atoms with Gasteiger partial charge in [0.15, 0.2) is 0 Å². The van der Waals surface area contributed by atoms with E-state index >= 15 is 0 Å². The van der Waals surface area contributed by atoms with Crippen molar-refractivity contribution in [2.24, 2.45) is 0 Å². The summed E-state index contributed by atoms with van der Waals surface area (Å²) in [5.74, 6) is -0.419. The molecule has 9 heteroatoms. The fourth-order valence-corrected chi connectivity index (χ4v) is 4.73. The highest BCUT2D eigenvalue weighted by Gasteiger charge is 2.43. The fraction of sp³-hybridized carbons (Fsp3) is 0.462. The van der Waals surface area contributed by atoms with Crippen LogP contribution in [0.5, 0.6) is 0 Å². The van der Waals surface area contributed by atoms with Crippen molar-refractivity contribution < 1.29 is 27.5 Å². The van der Waals surface area contributed by atoms with Crippen molar-refractivity contribution in [3.63, 3.8) is 0 Å². The highest BCUT2D eigenvalue weighted by atomic mass is 19.4. The molecule has 35 heavy (non-hydrogen) atoms. The Kier molecular flexibility index (Phi) is 7.52. The van der Waals surface area contributed by atoms with E-state index in [4.69, 9.17) is 4.74 Å². The zero-order valence-electron chi connectivity index (χ0n) is 19.5. The number of nitrogens with zero attached hydrogens (tertiary/aromatic N) is 2. The van der Waals surface area contributed by atoms with E-state index in [0.29, 0.717) is 44.7 Å². The summed E-state index contributed by atoms with van der Waals surface area (Å²) in [6, 6.07) is 14.3. The largest absolute Gasteiger partial charge is 0.459 e. The van der Waals surface area contributed by atoms with Crippen molar-refractivity contribution in [1.29, 1.82) is 0 Å². The number of esters is 1. The zero-order chi connectivity index (χ0) is 24.9. The molecule has 2 aliphatic rings. The van der Waals surface area contributed by atoms with Crippen molar-refractivity contribution in [2.45, 2.75) is 50.4 Å². The van der Waals surface area contributed by atoms with Crippen molar-refractivity contribution in [3.05, 3.63) is 65.7 Å². The highest BCUT2D eigenvalue weighted by molar-refractivity contribution is 5.87. The van der Waals surface area contributed by atoms with E-state index in [9.17, 15) is 22.8 Å². The summed E-state index contributed by atoms with van der Waals surface area (Å²) in [5.41, 5.74) is -0.386. The van der Waals surface area contributed by atoms with E-state index in [1.165, 1.54) is 6.07 Å². The number of alkyl halides is 3. The third-order valence-electron chi connectivity index (χ3n) is 6.76. The lowest BCUT2D eigenvalue weighted by Crippen LogP contribution is -2.61. The number of carbonyl (C=O) groups is 2. The molecule has 6 nitrogen and oxygen atoms in total. The Labute approximate surface area is 203 Å². The average Bonchev–Trinajstić information content (AvgIpc) is 2.88. The first-order valence-electron chi connectivity index (χ1n) is 12.0. The maximum atomic E-state index is 13.1. The van der Waals surface area contributed by atoms with Crippen molar-refractivity contribution in [3.8, 4) is 0 Å². The number of piperazine rings is 1. The van der Waals surface area contributed by atoms with Gasteiger partial charge in [-0.1, -0.05) is 55.7 Å². The number of rotatable bonds is 5. The Balaban J connectivity index is 1.36. The summed E-state index contributed by atoms with van der Waals surface area (Å²) in [6.45, 7) is 1.64. The van der Waals surface area contributed by atoms with Gasteiger partial charge in [-0.3, -0.25) is 0 Å². The third-order valence-corrected chi connectivity index (χ3v) is 6.76. The molecule has 2 aromatic rings. The smallest absolute Gasteiger partial charge is 0.416 e. The van der Waals surface area contributed by atoms with Gasteiger partial charge < -0.3 is 19.9 Å². The van der Waals surface area contributed by atoms with Crippen LogP contribution in [0, 0.1) is 0 Å². The van der Waals surface area contributed by atoms with Gasteiger partial charge in [0.2, 0.25) is 0 Å². The lowest BCUT2D eigenvalue weighted by Gasteiger charge is -2.40. The monoisotopic (exact) mass is 489 g/mol. The summed E-state index contributed by atoms with van der Waals surface area (Å²) < 4.78 is 44.8. The Hall–Kier alpha value is -3.23. The van der Waals surface area contributed by atoms with Gasteiger partial charge >= 0.3 is 18.2 Å². The van der Waals surface area contributed by atoms with Gasteiger partial charge in [-0.15, -0.1) is 0 Å². The number of benzene rings is 2. The van der Waals surface area contributed by atoms with Crippen LogP contribution >= 0.6 is 0 Å². The average molecular weight is 490 g/mol. The molecular weight excluding hydrogens is 459 g/mol. The second-order valence-corrected chi connectivity index (χ2v) is 9.16. The van der Waals surface area contributed by atoms with Gasteiger partial charge in [-0.05, 0) is 36.6 Å². The molecule has 0 spiro atoms. The van der Waals surface area contributed by atoms with E-state index < -0.39 is 23.2 Å². The number of amides is 2. The van der Waals surface area contributed by atoms with E-state index in [2.05, 4.69) is 5.32 Å². The van der Waals surface area contributed by atoms with Gasteiger partial charge in [0, 0.05) is 31.9 Å². The molecule has 2 amide bonds. The molecule has 2 fully saturated rings. The van der Waals surface area contributed by atoms with Crippen LogP contribution in [0.3, 0.4) is 0 Å². The summed E-state index contributed by atoms with van der Waals surface area (Å²) in [6.07, 6.45) is -0.707. The van der Waals surface area contributed by atoms with Crippen LogP contribution in [-0.2, 0) is 22.3 Å². The molecule has 1 heterocycles. The normalized spacial score (nSPS) is 18.1. The molecule has 2 aromatic carbocycles. The van der Waals surface area contributed by atoms with Crippen molar-refractivity contribution in [1.82, 2.24) is 10.2 Å². The standard InChI is InChI=1S/C26H30F3N3O3/c27-26(28,29)21-10-7-11-22(18-21)31-14-16-32(17-15-31)24(34)30-25(12-5-2-6-13-25)23(33)35-19-20-8-3-1-4-9-20/h1,3-4,7-11,18H,2,5-6,12-17,19H2,(H,30,34). The number of carbonyl (C=O) groups excluding carboxylic acids is 2. The number of halogens is 3. The SMILES string of the molecule is O=C(NC1(C(=O)OCc2ccccc2)CCCCC1)N1CCN(c2cccc(C(F)(F)F)c2)CC1. The maximum Gasteiger partial charge on any atom is 0.416 e. The predicted octanol–water partition coefficient (Wildman–Crippen LogP) is 4.98. The van der Waals surface area contributed by atoms with Gasteiger partial charge in [-0.25, -0.2) is 9.59 Å². The Morgan fingerprint density at radius 2 is 1.60 bits per heavy atom. The minimum atomic E-state index is -4.40. The molecule has 1 saturated carbocycles. The van der Waals surface area contributed by atoms with Gasteiger partial charge in [0.25, 0.3) is 0 Å². The summed E-state index contributed by atoms with van der Waals surface area (Å²) in [4.78, 5) is 29.7. The van der Waals surface area contributed by atoms with E-state index in [1.54, 1.807) is 11.0 Å². The molecule has 0 aromatic heterocycles. The highest BCUT2D eigenvalue weighted by Crippen LogP contribution is 2.32. The van der Waals surface area contributed by atoms with Crippen LogP contribution in [-0.4, -0.2) is 48.6 Å². The van der Waals surface area contributed by atoms with E-state index in [-0.39, 0.29) is 12.6 Å². The Bertz CT molecular complexity index is 1020. The number of hydrogen-bond acceptors (Lipinski definition) is 4. The second-order valence-electron chi connectivity index (χ2n) is 9.16. The summed E-state index contributed by atoms with van der Waals surface area (Å²) in [7, 11) is 0. The molecule has 0 unspecified atom stereocenters. The first-order chi connectivity index (χ1) is 16.8. The second kappa shape index (κ2) is 10.6.